The molecule has 0 aliphatic carbocycles. The number of imide groups is 1. The number of benzene rings is 2. The number of carbonyl (C=O) groups excluding carboxylic acids is 2. The minimum atomic E-state index is -0.483. The molecule has 4 rings (SSSR count). The van der Waals surface area contributed by atoms with E-state index >= 15 is 0 Å². The second-order valence-corrected chi connectivity index (χ2v) is 7.75. The predicted octanol–water partition coefficient (Wildman–Crippen LogP) is 3.56. The smallest absolute Gasteiger partial charge is 0.310 e. The molecule has 2 aromatic rings. The summed E-state index contributed by atoms with van der Waals surface area (Å²) in [6.07, 6.45) is 0.547. The van der Waals surface area contributed by atoms with Gasteiger partial charge < -0.3 is 10.2 Å². The molecule has 2 unspecified atom stereocenters. The topological polar surface area (TPSA) is 76.4 Å². The van der Waals surface area contributed by atoms with Crippen LogP contribution in [-0.4, -0.2) is 35.5 Å². The first kappa shape index (κ1) is 18.8. The summed E-state index contributed by atoms with van der Waals surface area (Å²) >= 11 is 12.0. The number of amides is 3. The van der Waals surface area contributed by atoms with Crippen LogP contribution in [0.5, 0.6) is 0 Å². The molecule has 2 saturated heterocycles. The number of nitriles is 1. The van der Waals surface area contributed by atoms with Crippen molar-refractivity contribution in [3.63, 3.8) is 0 Å². The summed E-state index contributed by atoms with van der Waals surface area (Å²) in [6.45, 7) is 1.06. The number of halogens is 2. The van der Waals surface area contributed by atoms with E-state index in [1.807, 2.05) is 12.1 Å². The van der Waals surface area contributed by atoms with Crippen molar-refractivity contribution in [3.8, 4) is 6.07 Å². The number of fused-ring (bicyclic) bond motifs is 1. The number of rotatable bonds is 4. The number of anilines is 1. The van der Waals surface area contributed by atoms with E-state index in [0.717, 1.165) is 10.5 Å². The lowest BCUT2D eigenvalue weighted by atomic mass is 10.1. The monoisotopic (exact) mass is 414 g/mol. The van der Waals surface area contributed by atoms with Gasteiger partial charge in [-0.05, 0) is 42.3 Å². The van der Waals surface area contributed by atoms with Crippen LogP contribution in [0.4, 0.5) is 10.5 Å². The summed E-state index contributed by atoms with van der Waals surface area (Å²) in [6, 6.07) is 13.3. The van der Waals surface area contributed by atoms with Gasteiger partial charge in [-0.3, -0.25) is 4.79 Å². The second kappa shape index (κ2) is 7.44. The molecule has 2 aliphatic rings. The Labute approximate surface area is 172 Å². The molecule has 0 aromatic heterocycles. The van der Waals surface area contributed by atoms with E-state index in [1.165, 1.54) is 0 Å². The Morgan fingerprint density at radius 3 is 2.39 bits per heavy atom. The number of nitrogens with zero attached hydrogens (tertiary/aromatic N) is 3. The van der Waals surface area contributed by atoms with E-state index in [-0.39, 0.29) is 18.0 Å². The quantitative estimate of drug-likeness (QED) is 0.775. The number of hydrogen-bond acceptors (Lipinski definition) is 4. The second-order valence-electron chi connectivity index (χ2n) is 6.87. The molecule has 0 spiro atoms. The van der Waals surface area contributed by atoms with Crippen LogP contribution in [0.3, 0.4) is 0 Å². The molecule has 0 bridgehead atoms. The van der Waals surface area contributed by atoms with E-state index in [1.54, 1.807) is 35.2 Å². The van der Waals surface area contributed by atoms with Crippen molar-refractivity contribution in [2.45, 2.75) is 25.0 Å². The van der Waals surface area contributed by atoms with E-state index in [2.05, 4.69) is 11.4 Å². The van der Waals surface area contributed by atoms with Gasteiger partial charge >= 0.3 is 6.03 Å². The van der Waals surface area contributed by atoms with Gasteiger partial charge in [0.25, 0.3) is 5.91 Å². The number of urea groups is 1. The Hall–Kier alpha value is -2.59. The van der Waals surface area contributed by atoms with E-state index in [0.29, 0.717) is 40.8 Å². The lowest BCUT2D eigenvalue weighted by molar-refractivity contribution is -0.119. The molecule has 2 heterocycles. The van der Waals surface area contributed by atoms with Gasteiger partial charge in [-0.25, -0.2) is 9.69 Å². The van der Waals surface area contributed by atoms with Crippen molar-refractivity contribution in [2.75, 3.05) is 11.4 Å². The highest BCUT2D eigenvalue weighted by Gasteiger charge is 2.51. The van der Waals surface area contributed by atoms with Crippen molar-refractivity contribution in [1.82, 2.24) is 10.2 Å². The number of nitrogens with one attached hydrogen (secondary N) is 1. The molecule has 0 saturated carbocycles. The largest absolute Gasteiger partial charge is 0.332 e. The van der Waals surface area contributed by atoms with Crippen molar-refractivity contribution in [1.29, 1.82) is 5.26 Å². The molecule has 28 heavy (non-hydrogen) atoms. The van der Waals surface area contributed by atoms with Crippen LogP contribution >= 0.6 is 23.2 Å². The average molecular weight is 415 g/mol. The molecule has 8 heteroatoms. The van der Waals surface area contributed by atoms with Crippen molar-refractivity contribution >= 4 is 40.8 Å². The summed E-state index contributed by atoms with van der Waals surface area (Å²) in [7, 11) is 0. The zero-order valence-corrected chi connectivity index (χ0v) is 16.2. The fourth-order valence-electron chi connectivity index (χ4n) is 3.67. The third-order valence-electron chi connectivity index (χ3n) is 5.03. The Bertz CT molecular complexity index is 942. The van der Waals surface area contributed by atoms with E-state index in [9.17, 15) is 9.59 Å². The maximum absolute atomic E-state index is 12.8. The fourth-order valence-corrected chi connectivity index (χ4v) is 4.18. The minimum absolute atomic E-state index is 0.0265. The number of hydrogen-bond donors (Lipinski definition) is 1. The lowest BCUT2D eigenvalue weighted by Gasteiger charge is -2.19. The highest BCUT2D eigenvalue weighted by atomic mass is 35.5. The average Bonchev–Trinajstić information content (AvgIpc) is 3.19. The third-order valence-corrected chi connectivity index (χ3v) is 5.46. The van der Waals surface area contributed by atoms with Crippen molar-refractivity contribution in [3.05, 3.63) is 63.6 Å². The molecule has 3 amide bonds. The van der Waals surface area contributed by atoms with Gasteiger partial charge in [0.2, 0.25) is 0 Å². The highest BCUT2D eigenvalue weighted by molar-refractivity contribution is 6.35. The Morgan fingerprint density at radius 1 is 1.11 bits per heavy atom. The van der Waals surface area contributed by atoms with Gasteiger partial charge in [-0.2, -0.15) is 5.26 Å². The van der Waals surface area contributed by atoms with Gasteiger partial charge in [0.1, 0.15) is 6.04 Å². The van der Waals surface area contributed by atoms with E-state index < -0.39 is 6.04 Å². The molecular formula is C20H16Cl2N4O2. The normalized spacial score (nSPS) is 21.2. The molecule has 2 aromatic carbocycles. The zero-order valence-electron chi connectivity index (χ0n) is 14.7. The fraction of sp³-hybridized carbons (Fsp3) is 0.250. The summed E-state index contributed by atoms with van der Waals surface area (Å²) in [5, 5.41) is 13.0. The van der Waals surface area contributed by atoms with Crippen LogP contribution in [0.1, 0.15) is 17.5 Å². The summed E-state index contributed by atoms with van der Waals surface area (Å²) < 4.78 is 0. The summed E-state index contributed by atoms with van der Waals surface area (Å²) in [5.74, 6) is -0.258. The number of carbonyl (C=O) groups is 2. The van der Waals surface area contributed by atoms with Crippen LogP contribution in [0.25, 0.3) is 0 Å². The first-order valence-corrected chi connectivity index (χ1v) is 9.55. The third kappa shape index (κ3) is 3.45. The molecule has 6 nitrogen and oxygen atoms in total. The SMILES string of the molecule is N#Cc1ccc(CNC2CC3C(=O)N(c4cc(Cl)cc(Cl)c4)C(=O)N3C2)cc1. The van der Waals surface area contributed by atoms with Gasteiger partial charge in [0, 0.05) is 29.2 Å². The minimum Gasteiger partial charge on any atom is -0.310 e. The lowest BCUT2D eigenvalue weighted by Crippen LogP contribution is -2.38. The molecule has 142 valence electrons. The van der Waals surface area contributed by atoms with Gasteiger partial charge in [-0.1, -0.05) is 35.3 Å². The van der Waals surface area contributed by atoms with Crippen LogP contribution in [0.15, 0.2) is 42.5 Å². The van der Waals surface area contributed by atoms with Crippen molar-refractivity contribution < 1.29 is 9.59 Å². The van der Waals surface area contributed by atoms with Crippen LogP contribution in [-0.2, 0) is 11.3 Å². The molecular weight excluding hydrogens is 399 g/mol. The molecule has 2 atom stereocenters. The molecule has 1 N–H and O–H groups in total. The van der Waals surface area contributed by atoms with Crippen molar-refractivity contribution in [2.24, 2.45) is 0 Å². The van der Waals surface area contributed by atoms with Gasteiger partial charge in [-0.15, -0.1) is 0 Å². The summed E-state index contributed by atoms with van der Waals surface area (Å²) in [5.41, 5.74) is 2.05. The van der Waals surface area contributed by atoms with Crippen LogP contribution in [0.2, 0.25) is 10.0 Å². The Morgan fingerprint density at radius 2 is 1.79 bits per heavy atom. The summed E-state index contributed by atoms with van der Waals surface area (Å²) in [4.78, 5) is 28.4. The maximum atomic E-state index is 12.8. The standard InChI is InChI=1S/C20H16Cl2N4O2/c21-14-5-15(22)7-17(6-14)26-19(27)18-8-16(11-25(18)20(26)28)24-10-13-3-1-12(9-23)2-4-13/h1-7,16,18,24H,8,10-11H2. The molecule has 2 aliphatic heterocycles. The Kier molecular flexibility index (Phi) is 4.98. The van der Waals surface area contributed by atoms with Gasteiger partial charge in [0.15, 0.2) is 0 Å². The Balaban J connectivity index is 1.42. The zero-order chi connectivity index (χ0) is 19.8. The first-order valence-electron chi connectivity index (χ1n) is 8.79. The predicted molar refractivity (Wildman–Crippen MR) is 106 cm³/mol. The molecule has 2 fully saturated rings. The van der Waals surface area contributed by atoms with E-state index in [4.69, 9.17) is 28.5 Å². The highest BCUT2D eigenvalue weighted by Crippen LogP contribution is 2.34. The first-order chi connectivity index (χ1) is 13.5. The van der Waals surface area contributed by atoms with Gasteiger partial charge in [0.05, 0.1) is 17.3 Å². The molecule has 0 radical (unpaired) electrons. The maximum Gasteiger partial charge on any atom is 0.332 e. The van der Waals surface area contributed by atoms with Crippen LogP contribution < -0.4 is 10.2 Å². The van der Waals surface area contributed by atoms with Crippen LogP contribution in [0, 0.1) is 11.3 Å².